The number of esters is 1. The molecular weight excluding hydrogens is 334 g/mol. The van der Waals surface area contributed by atoms with Crippen LogP contribution in [0.5, 0.6) is 5.75 Å². The molecule has 1 aromatic rings. The number of nitrogens with zero attached hydrogens (tertiary/aromatic N) is 1. The fraction of sp³-hybridized carbons (Fsp3) is 0.667. The summed E-state index contributed by atoms with van der Waals surface area (Å²) in [6, 6.07) is 7.86. The van der Waals surface area contributed by atoms with E-state index in [2.05, 4.69) is 19.9 Å². The van der Waals surface area contributed by atoms with Crippen LogP contribution in [0.3, 0.4) is 0 Å². The van der Waals surface area contributed by atoms with Gasteiger partial charge in [0, 0.05) is 0 Å². The lowest BCUT2D eigenvalue weighted by atomic mass is 9.80. The van der Waals surface area contributed by atoms with Crippen LogP contribution in [-0.4, -0.2) is 5.97 Å². The zero-order valence-corrected chi connectivity index (χ0v) is 17.1. The molecule has 2 rings (SSSR count). The van der Waals surface area contributed by atoms with Crippen LogP contribution in [0.2, 0.25) is 0 Å². The van der Waals surface area contributed by atoms with Gasteiger partial charge in [0.15, 0.2) is 0 Å². The highest BCUT2D eigenvalue weighted by atomic mass is 16.5. The van der Waals surface area contributed by atoms with Crippen molar-refractivity contribution in [2.75, 3.05) is 0 Å². The fourth-order valence-electron chi connectivity index (χ4n) is 4.05. The summed E-state index contributed by atoms with van der Waals surface area (Å²) in [5, 5.41) is 9.43. The van der Waals surface area contributed by atoms with Crippen LogP contribution in [0.1, 0.15) is 95.6 Å². The van der Waals surface area contributed by atoms with Crippen molar-refractivity contribution in [3.05, 3.63) is 29.3 Å². The first-order valence-electron chi connectivity index (χ1n) is 10.9. The van der Waals surface area contributed by atoms with Gasteiger partial charge < -0.3 is 4.74 Å². The predicted molar refractivity (Wildman–Crippen MR) is 110 cm³/mol. The van der Waals surface area contributed by atoms with Gasteiger partial charge in [-0.1, -0.05) is 58.4 Å². The van der Waals surface area contributed by atoms with E-state index in [4.69, 9.17) is 4.74 Å². The SMILES string of the molecule is CCCCCc1ccc(OC(=O)C2CCC(CCCCC)CC2)c(C#N)c1. The molecule has 1 aromatic carbocycles. The van der Waals surface area contributed by atoms with Gasteiger partial charge in [0.2, 0.25) is 0 Å². The normalized spacial score (nSPS) is 19.4. The van der Waals surface area contributed by atoms with Crippen LogP contribution < -0.4 is 4.74 Å². The first-order valence-corrected chi connectivity index (χ1v) is 10.9. The van der Waals surface area contributed by atoms with E-state index in [1.165, 1.54) is 38.5 Å². The Morgan fingerprint density at radius 1 is 1.07 bits per heavy atom. The number of hydrogen-bond acceptors (Lipinski definition) is 3. The van der Waals surface area contributed by atoms with Crippen LogP contribution in [0.15, 0.2) is 18.2 Å². The number of nitriles is 1. The molecule has 3 heteroatoms. The highest BCUT2D eigenvalue weighted by Gasteiger charge is 2.28. The van der Waals surface area contributed by atoms with Crippen molar-refractivity contribution in [3.8, 4) is 11.8 Å². The molecular formula is C24H35NO2. The summed E-state index contributed by atoms with van der Waals surface area (Å²) in [6.07, 6.45) is 13.8. The molecule has 1 fully saturated rings. The van der Waals surface area contributed by atoms with Gasteiger partial charge in [-0.3, -0.25) is 4.79 Å². The topological polar surface area (TPSA) is 50.1 Å². The molecule has 1 aliphatic carbocycles. The number of hydrogen-bond donors (Lipinski definition) is 0. The monoisotopic (exact) mass is 369 g/mol. The lowest BCUT2D eigenvalue weighted by Crippen LogP contribution is -2.26. The molecule has 0 aliphatic heterocycles. The summed E-state index contributed by atoms with van der Waals surface area (Å²) in [4.78, 5) is 12.6. The first kappa shape index (κ1) is 21.5. The Morgan fingerprint density at radius 3 is 2.44 bits per heavy atom. The average Bonchev–Trinajstić information content (AvgIpc) is 2.70. The molecule has 0 atom stereocenters. The Bertz CT molecular complexity index is 624. The van der Waals surface area contributed by atoms with E-state index in [1.807, 2.05) is 12.1 Å². The molecule has 1 saturated carbocycles. The van der Waals surface area contributed by atoms with Gasteiger partial charge in [0.1, 0.15) is 11.8 Å². The van der Waals surface area contributed by atoms with E-state index in [1.54, 1.807) is 6.07 Å². The van der Waals surface area contributed by atoms with Crippen LogP contribution in [0.4, 0.5) is 0 Å². The highest BCUT2D eigenvalue weighted by molar-refractivity contribution is 5.76. The number of benzene rings is 1. The molecule has 0 heterocycles. The van der Waals surface area contributed by atoms with E-state index >= 15 is 0 Å². The maximum Gasteiger partial charge on any atom is 0.314 e. The summed E-state index contributed by atoms with van der Waals surface area (Å²) in [6.45, 7) is 4.42. The molecule has 0 spiro atoms. The van der Waals surface area contributed by atoms with E-state index in [9.17, 15) is 10.1 Å². The smallest absolute Gasteiger partial charge is 0.314 e. The third-order valence-corrected chi connectivity index (χ3v) is 5.84. The summed E-state index contributed by atoms with van der Waals surface area (Å²) < 4.78 is 5.63. The minimum absolute atomic E-state index is 0.0109. The molecule has 0 bridgehead atoms. The lowest BCUT2D eigenvalue weighted by molar-refractivity contribution is -0.140. The second kappa shape index (κ2) is 11.8. The molecule has 0 radical (unpaired) electrons. The van der Waals surface area contributed by atoms with Crippen molar-refractivity contribution >= 4 is 5.97 Å². The Morgan fingerprint density at radius 2 is 1.78 bits per heavy atom. The zero-order chi connectivity index (χ0) is 19.5. The predicted octanol–water partition coefficient (Wildman–Crippen LogP) is 6.58. The quantitative estimate of drug-likeness (QED) is 0.266. The van der Waals surface area contributed by atoms with Crippen molar-refractivity contribution in [3.63, 3.8) is 0 Å². The number of ether oxygens (including phenoxy) is 1. The van der Waals surface area contributed by atoms with Gasteiger partial charge >= 0.3 is 5.97 Å². The molecule has 0 amide bonds. The third-order valence-electron chi connectivity index (χ3n) is 5.84. The van der Waals surface area contributed by atoms with Crippen molar-refractivity contribution in [2.24, 2.45) is 11.8 Å². The van der Waals surface area contributed by atoms with E-state index in [0.717, 1.165) is 50.0 Å². The summed E-state index contributed by atoms with van der Waals surface area (Å²) in [5.74, 6) is 1.03. The zero-order valence-electron chi connectivity index (χ0n) is 17.1. The highest BCUT2D eigenvalue weighted by Crippen LogP contribution is 2.33. The van der Waals surface area contributed by atoms with Gasteiger partial charge in [0.25, 0.3) is 0 Å². The summed E-state index contributed by atoms with van der Waals surface area (Å²) in [7, 11) is 0. The molecule has 3 nitrogen and oxygen atoms in total. The van der Waals surface area contributed by atoms with Gasteiger partial charge in [0.05, 0.1) is 11.5 Å². The Labute approximate surface area is 165 Å². The van der Waals surface area contributed by atoms with Gasteiger partial charge in [-0.15, -0.1) is 0 Å². The van der Waals surface area contributed by atoms with Crippen LogP contribution in [-0.2, 0) is 11.2 Å². The molecule has 1 aliphatic rings. The Kier molecular flexibility index (Phi) is 9.39. The number of carbonyl (C=O) groups is 1. The molecule has 148 valence electrons. The molecule has 0 unspecified atom stereocenters. The van der Waals surface area contributed by atoms with Gasteiger partial charge in [-0.25, -0.2) is 0 Å². The van der Waals surface area contributed by atoms with Crippen LogP contribution >= 0.6 is 0 Å². The number of rotatable bonds is 10. The summed E-state index contributed by atoms with van der Waals surface area (Å²) in [5.41, 5.74) is 1.62. The second-order valence-corrected chi connectivity index (χ2v) is 8.03. The standard InChI is InChI=1S/C24H35NO2/c1-3-5-7-9-19-11-14-21(15-12-19)24(26)27-23-16-13-20(10-8-6-4-2)17-22(23)18-25/h13,16-17,19,21H,3-12,14-15H2,1-2H3. The van der Waals surface area contributed by atoms with Crippen LogP contribution in [0.25, 0.3) is 0 Å². The minimum atomic E-state index is -0.155. The van der Waals surface area contributed by atoms with Crippen LogP contribution in [0, 0.1) is 23.2 Å². The van der Waals surface area contributed by atoms with E-state index in [0.29, 0.717) is 11.3 Å². The molecule has 0 aromatic heterocycles. The first-order chi connectivity index (χ1) is 13.2. The molecule has 0 N–H and O–H groups in total. The maximum absolute atomic E-state index is 12.6. The maximum atomic E-state index is 12.6. The second-order valence-electron chi connectivity index (χ2n) is 8.03. The van der Waals surface area contributed by atoms with Crippen molar-refractivity contribution in [2.45, 2.75) is 90.9 Å². The van der Waals surface area contributed by atoms with Gasteiger partial charge in [-0.05, 0) is 62.1 Å². The number of unbranched alkanes of at least 4 members (excludes halogenated alkanes) is 4. The van der Waals surface area contributed by atoms with Crippen molar-refractivity contribution in [1.29, 1.82) is 5.26 Å². The summed E-state index contributed by atoms with van der Waals surface area (Å²) >= 11 is 0. The largest absolute Gasteiger partial charge is 0.425 e. The Hall–Kier alpha value is -1.82. The van der Waals surface area contributed by atoms with Crippen molar-refractivity contribution in [1.82, 2.24) is 0 Å². The average molecular weight is 370 g/mol. The van der Waals surface area contributed by atoms with Gasteiger partial charge in [-0.2, -0.15) is 5.26 Å². The van der Waals surface area contributed by atoms with E-state index in [-0.39, 0.29) is 11.9 Å². The Balaban J connectivity index is 1.85. The molecule has 0 saturated heterocycles. The number of aryl methyl sites for hydroxylation is 1. The molecule has 27 heavy (non-hydrogen) atoms. The third kappa shape index (κ3) is 7.01. The number of carbonyl (C=O) groups excluding carboxylic acids is 1. The fourth-order valence-corrected chi connectivity index (χ4v) is 4.05. The minimum Gasteiger partial charge on any atom is -0.425 e. The van der Waals surface area contributed by atoms with Crippen molar-refractivity contribution < 1.29 is 9.53 Å². The van der Waals surface area contributed by atoms with E-state index < -0.39 is 0 Å². The lowest BCUT2D eigenvalue weighted by Gasteiger charge is -2.27.